The Hall–Kier alpha value is -2.53. The molecular formula is C23H29N3O2. The van der Waals surface area contributed by atoms with Crippen LogP contribution < -0.4 is 10.6 Å². The third kappa shape index (κ3) is 4.65. The fourth-order valence-electron chi connectivity index (χ4n) is 3.88. The highest BCUT2D eigenvalue weighted by molar-refractivity contribution is 5.95. The van der Waals surface area contributed by atoms with Crippen LogP contribution >= 0.6 is 0 Å². The van der Waals surface area contributed by atoms with E-state index >= 15 is 0 Å². The first kappa shape index (κ1) is 18.8. The summed E-state index contributed by atoms with van der Waals surface area (Å²) in [5.74, 6) is -0.372. The van der Waals surface area contributed by atoms with Gasteiger partial charge in [-0.1, -0.05) is 30.3 Å². The van der Waals surface area contributed by atoms with Crippen LogP contribution in [0.25, 0.3) is 0 Å². The normalized spacial score (nSPS) is 16.9. The van der Waals surface area contributed by atoms with Crippen molar-refractivity contribution in [2.24, 2.45) is 0 Å². The Balaban J connectivity index is 1.39. The predicted molar refractivity (Wildman–Crippen MR) is 112 cm³/mol. The van der Waals surface area contributed by atoms with Crippen LogP contribution in [-0.2, 0) is 11.3 Å². The molecule has 28 heavy (non-hydrogen) atoms. The predicted octanol–water partition coefficient (Wildman–Crippen LogP) is 3.69. The van der Waals surface area contributed by atoms with Crippen molar-refractivity contribution in [3.63, 3.8) is 0 Å². The summed E-state index contributed by atoms with van der Waals surface area (Å²) in [6, 6.07) is 16.0. The largest absolute Gasteiger partial charge is 0.457 e. The van der Waals surface area contributed by atoms with Crippen molar-refractivity contribution in [2.45, 2.75) is 38.3 Å². The minimum Gasteiger partial charge on any atom is -0.457 e. The fraction of sp³-hybridized carbons (Fsp3) is 0.435. The molecule has 0 spiro atoms. The Kier molecular flexibility index (Phi) is 5.81. The Labute approximate surface area is 167 Å². The number of carbonyl (C=O) groups excluding carboxylic acids is 1. The van der Waals surface area contributed by atoms with E-state index in [9.17, 15) is 4.79 Å². The number of likely N-dealkylation sites (tertiary alicyclic amines) is 1. The van der Waals surface area contributed by atoms with Gasteiger partial charge in [-0.3, -0.25) is 0 Å². The van der Waals surface area contributed by atoms with E-state index in [-0.39, 0.29) is 12.6 Å². The second-order valence-corrected chi connectivity index (χ2v) is 7.81. The number of nitrogens with zero attached hydrogens (tertiary/aromatic N) is 2. The van der Waals surface area contributed by atoms with Crippen LogP contribution in [-0.4, -0.2) is 43.1 Å². The van der Waals surface area contributed by atoms with Crippen molar-refractivity contribution in [3.8, 4) is 0 Å². The summed E-state index contributed by atoms with van der Waals surface area (Å²) < 4.78 is 5.43. The Morgan fingerprint density at radius 2 is 1.86 bits per heavy atom. The summed E-state index contributed by atoms with van der Waals surface area (Å²) in [5.41, 5.74) is 9.23. The molecule has 1 aliphatic heterocycles. The maximum Gasteiger partial charge on any atom is 0.340 e. The zero-order valence-electron chi connectivity index (χ0n) is 16.3. The lowest BCUT2D eigenvalue weighted by Crippen LogP contribution is -2.35. The van der Waals surface area contributed by atoms with E-state index in [0.717, 1.165) is 24.3 Å². The number of nitrogens with two attached hydrogens (primary N) is 1. The van der Waals surface area contributed by atoms with Gasteiger partial charge in [0, 0.05) is 30.5 Å². The summed E-state index contributed by atoms with van der Waals surface area (Å²) in [6.45, 7) is 4.80. The Bertz CT molecular complexity index is 799. The minimum atomic E-state index is -0.372. The highest BCUT2D eigenvalue weighted by Crippen LogP contribution is 2.33. The molecule has 2 aromatic carbocycles. The third-order valence-corrected chi connectivity index (χ3v) is 5.64. The van der Waals surface area contributed by atoms with E-state index in [1.807, 2.05) is 48.5 Å². The standard InChI is InChI=1S/C23H29N3O2/c24-22-16-20(26(19-8-9-19)15-14-25-12-4-5-13-25)10-11-21(22)23(27)28-17-18-6-2-1-3-7-18/h1-3,6-7,10-11,16,19H,4-5,8-9,12-15,17,24H2. The molecule has 1 saturated carbocycles. The Morgan fingerprint density at radius 3 is 2.54 bits per heavy atom. The van der Waals surface area contributed by atoms with Gasteiger partial charge in [-0.25, -0.2) is 4.79 Å². The lowest BCUT2D eigenvalue weighted by molar-refractivity contribution is 0.0474. The summed E-state index contributed by atoms with van der Waals surface area (Å²) in [4.78, 5) is 17.4. The summed E-state index contributed by atoms with van der Waals surface area (Å²) in [5, 5.41) is 0. The van der Waals surface area contributed by atoms with E-state index in [2.05, 4.69) is 9.80 Å². The summed E-state index contributed by atoms with van der Waals surface area (Å²) in [7, 11) is 0. The molecule has 148 valence electrons. The number of hydrogen-bond acceptors (Lipinski definition) is 5. The quantitative estimate of drug-likeness (QED) is 0.560. The van der Waals surface area contributed by atoms with E-state index in [1.54, 1.807) is 0 Å². The van der Waals surface area contributed by atoms with E-state index in [4.69, 9.17) is 10.5 Å². The number of hydrogen-bond donors (Lipinski definition) is 1. The van der Waals surface area contributed by atoms with Gasteiger partial charge < -0.3 is 20.3 Å². The van der Waals surface area contributed by atoms with Crippen LogP contribution in [0, 0.1) is 0 Å². The SMILES string of the molecule is Nc1cc(N(CCN2CCCC2)C2CC2)ccc1C(=O)OCc1ccccc1. The molecule has 1 heterocycles. The fourth-order valence-corrected chi connectivity index (χ4v) is 3.88. The number of anilines is 2. The van der Waals surface area contributed by atoms with Crippen LogP contribution in [0.4, 0.5) is 11.4 Å². The smallest absolute Gasteiger partial charge is 0.340 e. The molecule has 0 atom stereocenters. The zero-order chi connectivity index (χ0) is 19.3. The van der Waals surface area contributed by atoms with Gasteiger partial charge in [0.2, 0.25) is 0 Å². The van der Waals surface area contributed by atoms with Crippen LogP contribution in [0.5, 0.6) is 0 Å². The van der Waals surface area contributed by atoms with Crippen molar-refractivity contribution in [1.29, 1.82) is 0 Å². The second-order valence-electron chi connectivity index (χ2n) is 7.81. The number of esters is 1. The third-order valence-electron chi connectivity index (χ3n) is 5.64. The van der Waals surface area contributed by atoms with Crippen LogP contribution in [0.2, 0.25) is 0 Å². The first-order valence-electron chi connectivity index (χ1n) is 10.3. The molecule has 1 aliphatic carbocycles. The first-order valence-corrected chi connectivity index (χ1v) is 10.3. The molecule has 2 fully saturated rings. The molecule has 0 bridgehead atoms. The second kappa shape index (κ2) is 8.65. The first-order chi connectivity index (χ1) is 13.7. The van der Waals surface area contributed by atoms with Gasteiger partial charge >= 0.3 is 5.97 Å². The van der Waals surface area contributed by atoms with Crippen molar-refractivity contribution in [2.75, 3.05) is 36.8 Å². The van der Waals surface area contributed by atoms with Gasteiger partial charge in [-0.15, -0.1) is 0 Å². The molecule has 2 N–H and O–H groups in total. The molecule has 0 radical (unpaired) electrons. The van der Waals surface area contributed by atoms with Crippen LogP contribution in [0.3, 0.4) is 0 Å². The molecule has 1 saturated heterocycles. The zero-order valence-corrected chi connectivity index (χ0v) is 16.3. The van der Waals surface area contributed by atoms with E-state index < -0.39 is 0 Å². The minimum absolute atomic E-state index is 0.255. The topological polar surface area (TPSA) is 58.8 Å². The van der Waals surface area contributed by atoms with Crippen molar-refractivity contribution in [3.05, 3.63) is 59.7 Å². The van der Waals surface area contributed by atoms with Crippen molar-refractivity contribution < 1.29 is 9.53 Å². The molecule has 0 unspecified atom stereocenters. The van der Waals surface area contributed by atoms with Gasteiger partial charge in [0.25, 0.3) is 0 Å². The Morgan fingerprint density at radius 1 is 1.11 bits per heavy atom. The highest BCUT2D eigenvalue weighted by atomic mass is 16.5. The van der Waals surface area contributed by atoms with Gasteiger partial charge in [0.05, 0.1) is 5.56 Å². The lowest BCUT2D eigenvalue weighted by Gasteiger charge is -2.28. The molecular weight excluding hydrogens is 350 g/mol. The van der Waals surface area contributed by atoms with E-state index in [1.165, 1.54) is 38.8 Å². The lowest BCUT2D eigenvalue weighted by atomic mass is 10.1. The monoisotopic (exact) mass is 379 g/mol. The van der Waals surface area contributed by atoms with E-state index in [0.29, 0.717) is 17.3 Å². The summed E-state index contributed by atoms with van der Waals surface area (Å²) >= 11 is 0. The highest BCUT2D eigenvalue weighted by Gasteiger charge is 2.30. The van der Waals surface area contributed by atoms with Crippen molar-refractivity contribution in [1.82, 2.24) is 4.90 Å². The van der Waals surface area contributed by atoms with Crippen molar-refractivity contribution >= 4 is 17.3 Å². The van der Waals surface area contributed by atoms with Gasteiger partial charge in [0.1, 0.15) is 6.61 Å². The van der Waals surface area contributed by atoms with Gasteiger partial charge in [-0.05, 0) is 62.5 Å². The number of carbonyl (C=O) groups is 1. The molecule has 2 aliphatic rings. The number of ether oxygens (including phenoxy) is 1. The molecule has 5 heteroatoms. The maximum atomic E-state index is 12.4. The van der Waals surface area contributed by atoms with Crippen LogP contribution in [0.15, 0.2) is 48.5 Å². The van der Waals surface area contributed by atoms with Crippen LogP contribution in [0.1, 0.15) is 41.6 Å². The maximum absolute atomic E-state index is 12.4. The van der Waals surface area contributed by atoms with Gasteiger partial charge in [-0.2, -0.15) is 0 Å². The molecule has 5 nitrogen and oxygen atoms in total. The average Bonchev–Trinajstić information content (AvgIpc) is 3.41. The summed E-state index contributed by atoms with van der Waals surface area (Å²) in [6.07, 6.45) is 5.11. The number of benzene rings is 2. The number of rotatable bonds is 8. The number of nitrogen functional groups attached to an aromatic ring is 1. The molecule has 4 rings (SSSR count). The molecule has 0 aromatic heterocycles. The molecule has 0 amide bonds. The average molecular weight is 380 g/mol. The van der Waals surface area contributed by atoms with Gasteiger partial charge in [0.15, 0.2) is 0 Å². The molecule has 2 aromatic rings.